The number of carbonyl (C=O) groups excluding carboxylic acids is 2. The van der Waals surface area contributed by atoms with Gasteiger partial charge in [0.15, 0.2) is 5.69 Å². The molecule has 3 rings (SSSR count). The number of nitrogens with one attached hydrogen (secondary N) is 2. The molecule has 0 aliphatic rings. The number of aliphatic hydroxyl groups is 1. The molecule has 2 heterocycles. The molecule has 0 spiro atoms. The van der Waals surface area contributed by atoms with E-state index in [0.29, 0.717) is 35.6 Å². The molecule has 0 bridgehead atoms. The SMILES string of the molecule is COCCn1c(C(=O)OC)c(NC(=O)Cc2ccccc2)c2cc(N[C@@H](C)C(C)(C)O)cnc21. The van der Waals surface area contributed by atoms with Crippen LogP contribution in [0.25, 0.3) is 11.0 Å². The molecule has 9 heteroatoms. The molecule has 1 aromatic carbocycles. The fourth-order valence-electron chi connectivity index (χ4n) is 3.53. The number of esters is 1. The fourth-order valence-corrected chi connectivity index (χ4v) is 3.53. The van der Waals surface area contributed by atoms with Crippen LogP contribution in [0.15, 0.2) is 42.6 Å². The lowest BCUT2D eigenvalue weighted by molar-refractivity contribution is -0.115. The van der Waals surface area contributed by atoms with Gasteiger partial charge in [-0.15, -0.1) is 0 Å². The molecule has 9 nitrogen and oxygen atoms in total. The van der Waals surface area contributed by atoms with Gasteiger partial charge in [0.25, 0.3) is 0 Å². The number of ether oxygens (including phenoxy) is 2. The summed E-state index contributed by atoms with van der Waals surface area (Å²) in [4.78, 5) is 30.3. The third-order valence-electron chi connectivity index (χ3n) is 5.71. The van der Waals surface area contributed by atoms with Crippen LogP contribution in [-0.2, 0) is 27.2 Å². The number of fused-ring (bicyclic) bond motifs is 1. The van der Waals surface area contributed by atoms with Crippen molar-refractivity contribution >= 4 is 34.3 Å². The summed E-state index contributed by atoms with van der Waals surface area (Å²) in [5, 5.41) is 17.0. The third-order valence-corrected chi connectivity index (χ3v) is 5.71. The van der Waals surface area contributed by atoms with Gasteiger partial charge in [0.05, 0.1) is 49.4 Å². The normalized spacial score (nSPS) is 12.4. The van der Waals surface area contributed by atoms with Crippen molar-refractivity contribution < 1.29 is 24.2 Å². The van der Waals surface area contributed by atoms with Gasteiger partial charge in [-0.05, 0) is 32.4 Å². The number of pyridine rings is 1. The summed E-state index contributed by atoms with van der Waals surface area (Å²) in [5.74, 6) is -0.867. The van der Waals surface area contributed by atoms with Gasteiger partial charge in [0.2, 0.25) is 5.91 Å². The van der Waals surface area contributed by atoms with Gasteiger partial charge in [-0.25, -0.2) is 9.78 Å². The van der Waals surface area contributed by atoms with Crippen LogP contribution in [0.3, 0.4) is 0 Å². The Morgan fingerprint density at radius 1 is 1.21 bits per heavy atom. The van der Waals surface area contributed by atoms with Gasteiger partial charge in [-0.1, -0.05) is 30.3 Å². The van der Waals surface area contributed by atoms with Crippen molar-refractivity contribution in [2.45, 2.75) is 45.4 Å². The number of benzene rings is 1. The molecule has 0 aliphatic heterocycles. The smallest absolute Gasteiger partial charge is 0.356 e. The van der Waals surface area contributed by atoms with Crippen LogP contribution >= 0.6 is 0 Å². The topological polar surface area (TPSA) is 115 Å². The highest BCUT2D eigenvalue weighted by Crippen LogP contribution is 2.33. The number of rotatable bonds is 10. The van der Waals surface area contributed by atoms with Crippen molar-refractivity contribution in [2.75, 3.05) is 31.5 Å². The second-order valence-corrected chi connectivity index (χ2v) is 8.69. The van der Waals surface area contributed by atoms with Crippen LogP contribution in [0.4, 0.5) is 11.4 Å². The van der Waals surface area contributed by atoms with Crippen molar-refractivity contribution in [1.82, 2.24) is 9.55 Å². The van der Waals surface area contributed by atoms with E-state index >= 15 is 0 Å². The summed E-state index contributed by atoms with van der Waals surface area (Å²) in [5.41, 5.74) is 1.54. The quantitative estimate of drug-likeness (QED) is 0.391. The van der Waals surface area contributed by atoms with Crippen molar-refractivity contribution in [2.24, 2.45) is 0 Å². The molecule has 0 radical (unpaired) electrons. The van der Waals surface area contributed by atoms with Crippen LogP contribution < -0.4 is 10.6 Å². The molecule has 3 N–H and O–H groups in total. The summed E-state index contributed by atoms with van der Waals surface area (Å²) in [6.45, 7) is 5.95. The highest BCUT2D eigenvalue weighted by atomic mass is 16.5. The zero-order chi connectivity index (χ0) is 24.9. The first-order valence-corrected chi connectivity index (χ1v) is 11.1. The van der Waals surface area contributed by atoms with Gasteiger partial charge in [0, 0.05) is 19.0 Å². The molecular formula is C25H32N4O5. The lowest BCUT2D eigenvalue weighted by Crippen LogP contribution is -2.39. The Balaban J connectivity index is 2.09. The first kappa shape index (κ1) is 25.2. The van der Waals surface area contributed by atoms with Crippen LogP contribution in [0.5, 0.6) is 0 Å². The van der Waals surface area contributed by atoms with E-state index in [-0.39, 0.29) is 24.1 Å². The number of aromatic nitrogens is 2. The highest BCUT2D eigenvalue weighted by Gasteiger charge is 2.27. The van der Waals surface area contributed by atoms with Crippen LogP contribution in [0.1, 0.15) is 36.8 Å². The van der Waals surface area contributed by atoms with Gasteiger partial charge < -0.3 is 29.8 Å². The summed E-state index contributed by atoms with van der Waals surface area (Å²) < 4.78 is 11.9. The Morgan fingerprint density at radius 3 is 2.53 bits per heavy atom. The molecule has 0 saturated heterocycles. The van der Waals surface area contributed by atoms with E-state index < -0.39 is 11.6 Å². The fraction of sp³-hybridized carbons (Fsp3) is 0.400. The Morgan fingerprint density at radius 2 is 1.91 bits per heavy atom. The molecule has 0 fully saturated rings. The third kappa shape index (κ3) is 5.73. The predicted molar refractivity (Wildman–Crippen MR) is 131 cm³/mol. The molecule has 182 valence electrons. The molecule has 0 saturated carbocycles. The van der Waals surface area contributed by atoms with E-state index in [0.717, 1.165) is 5.56 Å². The minimum absolute atomic E-state index is 0.146. The van der Waals surface area contributed by atoms with Crippen LogP contribution in [0, 0.1) is 0 Å². The maximum Gasteiger partial charge on any atom is 0.356 e. The number of amides is 1. The predicted octanol–water partition coefficient (Wildman–Crippen LogP) is 3.22. The largest absolute Gasteiger partial charge is 0.464 e. The van der Waals surface area contributed by atoms with E-state index in [2.05, 4.69) is 15.6 Å². The second kappa shape index (κ2) is 10.7. The van der Waals surface area contributed by atoms with Gasteiger partial charge in [-0.3, -0.25) is 4.79 Å². The van der Waals surface area contributed by atoms with E-state index in [1.54, 1.807) is 37.8 Å². The van der Waals surface area contributed by atoms with Crippen molar-refractivity contribution in [3.05, 3.63) is 53.9 Å². The Labute approximate surface area is 199 Å². The number of methoxy groups -OCH3 is 2. The van der Waals surface area contributed by atoms with Crippen LogP contribution in [0.2, 0.25) is 0 Å². The molecule has 0 unspecified atom stereocenters. The standard InChI is InChI=1S/C25H32N4O5/c1-16(25(2,3)32)27-18-14-19-21(28-20(30)13-17-9-7-6-8-10-17)22(24(31)34-5)29(11-12-33-4)23(19)26-15-18/h6-10,14-16,27,32H,11-13H2,1-5H3,(H,28,30)/t16-/m0/s1. The average molecular weight is 469 g/mol. The van der Waals surface area contributed by atoms with Crippen LogP contribution in [-0.4, -0.2) is 59.0 Å². The molecule has 0 aliphatic carbocycles. The molecule has 34 heavy (non-hydrogen) atoms. The lowest BCUT2D eigenvalue weighted by Gasteiger charge is -2.27. The molecular weight excluding hydrogens is 436 g/mol. The van der Waals surface area contributed by atoms with E-state index in [4.69, 9.17) is 9.47 Å². The first-order chi connectivity index (χ1) is 16.2. The second-order valence-electron chi connectivity index (χ2n) is 8.69. The Kier molecular flexibility index (Phi) is 7.90. The minimum Gasteiger partial charge on any atom is -0.464 e. The first-order valence-electron chi connectivity index (χ1n) is 11.1. The summed E-state index contributed by atoms with van der Waals surface area (Å²) >= 11 is 0. The highest BCUT2D eigenvalue weighted by molar-refractivity contribution is 6.11. The minimum atomic E-state index is -0.969. The average Bonchev–Trinajstić information content (AvgIpc) is 3.09. The van der Waals surface area contributed by atoms with Gasteiger partial charge >= 0.3 is 5.97 Å². The summed E-state index contributed by atoms with van der Waals surface area (Å²) in [6, 6.07) is 10.9. The Hall–Kier alpha value is -3.43. The van der Waals surface area contributed by atoms with E-state index in [9.17, 15) is 14.7 Å². The van der Waals surface area contributed by atoms with Gasteiger partial charge in [0.1, 0.15) is 5.65 Å². The van der Waals surface area contributed by atoms with Crippen molar-refractivity contribution in [3.63, 3.8) is 0 Å². The van der Waals surface area contributed by atoms with Gasteiger partial charge in [-0.2, -0.15) is 0 Å². The molecule has 1 atom stereocenters. The number of carbonyl (C=O) groups is 2. The van der Waals surface area contributed by atoms with Crippen molar-refractivity contribution in [1.29, 1.82) is 0 Å². The summed E-state index contributed by atoms with van der Waals surface area (Å²) in [7, 11) is 2.86. The number of hydrogen-bond donors (Lipinski definition) is 3. The van der Waals surface area contributed by atoms with E-state index in [1.165, 1.54) is 7.11 Å². The number of hydrogen-bond acceptors (Lipinski definition) is 7. The monoisotopic (exact) mass is 468 g/mol. The zero-order valence-corrected chi connectivity index (χ0v) is 20.2. The maximum atomic E-state index is 12.9. The lowest BCUT2D eigenvalue weighted by atomic mass is 10.0. The molecule has 1 amide bonds. The Bertz CT molecular complexity index is 1150. The number of anilines is 2. The van der Waals surface area contributed by atoms with E-state index in [1.807, 2.05) is 37.3 Å². The van der Waals surface area contributed by atoms with Crippen molar-refractivity contribution in [3.8, 4) is 0 Å². The molecule has 3 aromatic rings. The molecule has 2 aromatic heterocycles. The number of nitrogens with zero attached hydrogens (tertiary/aromatic N) is 2. The maximum absolute atomic E-state index is 12.9. The zero-order valence-electron chi connectivity index (χ0n) is 20.2. The summed E-state index contributed by atoms with van der Waals surface area (Å²) in [6.07, 6.45) is 1.78.